The molecule has 2 aliphatic heterocycles. The fraction of sp³-hybridized carbons (Fsp3) is 0.688. The third kappa shape index (κ3) is 3.57. The highest BCUT2D eigenvalue weighted by Gasteiger charge is 2.29. The molecule has 2 fully saturated rings. The lowest BCUT2D eigenvalue weighted by Gasteiger charge is -2.35. The minimum absolute atomic E-state index is 0.101. The van der Waals surface area contributed by atoms with E-state index in [1.165, 1.54) is 0 Å². The van der Waals surface area contributed by atoms with Crippen molar-refractivity contribution in [3.8, 4) is 0 Å². The van der Waals surface area contributed by atoms with Gasteiger partial charge in [0, 0.05) is 37.9 Å². The van der Waals surface area contributed by atoms with Gasteiger partial charge in [0.2, 0.25) is 0 Å². The van der Waals surface area contributed by atoms with Crippen molar-refractivity contribution >= 4 is 5.82 Å². The van der Waals surface area contributed by atoms with Gasteiger partial charge in [0.15, 0.2) is 0 Å². The normalized spacial score (nSPS) is 24.2. The third-order valence-corrected chi connectivity index (χ3v) is 4.12. The summed E-state index contributed by atoms with van der Waals surface area (Å²) in [5.41, 5.74) is 1.10. The second-order valence-electron chi connectivity index (χ2n) is 5.57. The van der Waals surface area contributed by atoms with Crippen LogP contribution in [-0.4, -0.2) is 63.6 Å². The maximum Gasteiger partial charge on any atom is 0.134 e. The zero-order chi connectivity index (χ0) is 15.2. The highest BCUT2D eigenvalue weighted by molar-refractivity contribution is 5.48. The number of likely N-dealkylation sites (N-methyl/N-ethyl adjacent to an activating group) is 1. The summed E-state index contributed by atoms with van der Waals surface area (Å²) in [6.07, 6.45) is 1.92. The minimum Gasteiger partial charge on any atom is -0.378 e. The van der Waals surface area contributed by atoms with Crippen molar-refractivity contribution < 1.29 is 9.47 Å². The molecule has 0 saturated carbocycles. The van der Waals surface area contributed by atoms with E-state index in [-0.39, 0.29) is 12.1 Å². The fourth-order valence-corrected chi connectivity index (χ4v) is 3.06. The van der Waals surface area contributed by atoms with Crippen LogP contribution in [0.5, 0.6) is 0 Å². The number of anilines is 1. The summed E-state index contributed by atoms with van der Waals surface area (Å²) in [7, 11) is 0. The van der Waals surface area contributed by atoms with Crippen molar-refractivity contribution in [1.29, 1.82) is 0 Å². The van der Waals surface area contributed by atoms with Gasteiger partial charge in [0.25, 0.3) is 0 Å². The van der Waals surface area contributed by atoms with Gasteiger partial charge in [-0.3, -0.25) is 0 Å². The number of aromatic nitrogens is 1. The van der Waals surface area contributed by atoms with Gasteiger partial charge in [-0.05, 0) is 18.7 Å². The monoisotopic (exact) mass is 305 g/mol. The Morgan fingerprint density at radius 2 is 2.32 bits per heavy atom. The van der Waals surface area contributed by atoms with E-state index in [4.69, 9.17) is 9.47 Å². The number of morpholine rings is 2. The highest BCUT2D eigenvalue weighted by atomic mass is 16.5. The van der Waals surface area contributed by atoms with Crippen LogP contribution in [0.4, 0.5) is 5.82 Å². The SMILES string of the molecule is CCNC(c1[c]ccnc1N1CCOCC1)C1CNCCO1. The molecular weight excluding hydrogens is 280 g/mol. The molecule has 2 saturated heterocycles. The van der Waals surface area contributed by atoms with Crippen LogP contribution in [0.25, 0.3) is 0 Å². The summed E-state index contributed by atoms with van der Waals surface area (Å²) in [4.78, 5) is 6.91. The van der Waals surface area contributed by atoms with Gasteiger partial charge in [0.05, 0.1) is 32.0 Å². The molecule has 2 N–H and O–H groups in total. The molecular formula is C16H25N4O2. The smallest absolute Gasteiger partial charge is 0.134 e. The summed E-state index contributed by atoms with van der Waals surface area (Å²) in [6.45, 7) is 8.78. The fourth-order valence-electron chi connectivity index (χ4n) is 3.06. The number of ether oxygens (including phenoxy) is 2. The van der Waals surface area contributed by atoms with E-state index >= 15 is 0 Å². The largest absolute Gasteiger partial charge is 0.378 e. The molecule has 0 aromatic carbocycles. The van der Waals surface area contributed by atoms with E-state index in [1.807, 2.05) is 12.3 Å². The molecule has 0 bridgehead atoms. The molecule has 0 amide bonds. The minimum atomic E-state index is 0.101. The summed E-state index contributed by atoms with van der Waals surface area (Å²) in [5, 5.41) is 6.96. The van der Waals surface area contributed by atoms with Crippen molar-refractivity contribution in [2.75, 3.05) is 57.4 Å². The summed E-state index contributed by atoms with van der Waals surface area (Å²) >= 11 is 0. The first kappa shape index (κ1) is 15.7. The number of hydrogen-bond donors (Lipinski definition) is 2. The second-order valence-corrected chi connectivity index (χ2v) is 5.57. The van der Waals surface area contributed by atoms with Gasteiger partial charge in [0.1, 0.15) is 5.82 Å². The van der Waals surface area contributed by atoms with E-state index < -0.39 is 0 Å². The maximum atomic E-state index is 5.97. The summed E-state index contributed by atoms with van der Waals surface area (Å²) in [5.74, 6) is 1.01. The average molecular weight is 305 g/mol. The molecule has 0 spiro atoms. The first-order chi connectivity index (χ1) is 10.9. The van der Waals surface area contributed by atoms with Crippen molar-refractivity contribution in [1.82, 2.24) is 15.6 Å². The molecule has 3 rings (SSSR count). The number of pyridine rings is 1. The highest BCUT2D eigenvalue weighted by Crippen LogP contribution is 2.28. The van der Waals surface area contributed by atoms with Crippen LogP contribution in [0.15, 0.2) is 12.3 Å². The number of rotatable bonds is 5. The van der Waals surface area contributed by atoms with Crippen molar-refractivity contribution in [2.24, 2.45) is 0 Å². The van der Waals surface area contributed by atoms with Crippen LogP contribution in [0.2, 0.25) is 0 Å². The Morgan fingerprint density at radius 3 is 3.05 bits per heavy atom. The van der Waals surface area contributed by atoms with Gasteiger partial charge in [-0.25, -0.2) is 4.98 Å². The first-order valence-corrected chi connectivity index (χ1v) is 8.15. The standard InChI is InChI=1S/C16H25N4O2/c1-2-18-15(14-12-17-6-9-22-14)13-4-3-5-19-16(13)20-7-10-21-11-8-20/h3,5,14-15,17-18H,2,6-12H2,1H3. The van der Waals surface area contributed by atoms with Gasteiger partial charge >= 0.3 is 0 Å². The molecule has 1 radical (unpaired) electrons. The van der Waals surface area contributed by atoms with Gasteiger partial charge in [-0.15, -0.1) is 0 Å². The average Bonchev–Trinajstić information content (AvgIpc) is 2.61. The quantitative estimate of drug-likeness (QED) is 0.819. The van der Waals surface area contributed by atoms with Crippen LogP contribution < -0.4 is 15.5 Å². The number of nitrogens with zero attached hydrogens (tertiary/aromatic N) is 2. The van der Waals surface area contributed by atoms with Crippen LogP contribution in [0.1, 0.15) is 18.5 Å². The zero-order valence-corrected chi connectivity index (χ0v) is 13.2. The third-order valence-electron chi connectivity index (χ3n) is 4.12. The molecule has 2 unspecified atom stereocenters. The van der Waals surface area contributed by atoms with E-state index in [2.05, 4.69) is 33.5 Å². The molecule has 1 aromatic rings. The van der Waals surface area contributed by atoms with E-state index in [9.17, 15) is 0 Å². The molecule has 121 valence electrons. The van der Waals surface area contributed by atoms with E-state index in [0.29, 0.717) is 0 Å². The lowest BCUT2D eigenvalue weighted by molar-refractivity contribution is 0.00400. The van der Waals surface area contributed by atoms with E-state index in [0.717, 1.165) is 63.9 Å². The number of hydrogen-bond acceptors (Lipinski definition) is 6. The Balaban J connectivity index is 1.86. The number of nitrogens with one attached hydrogen (secondary N) is 2. The van der Waals surface area contributed by atoms with E-state index in [1.54, 1.807) is 0 Å². The predicted molar refractivity (Wildman–Crippen MR) is 85.1 cm³/mol. The Labute approximate surface area is 132 Å². The Hall–Kier alpha value is -1.21. The molecule has 3 heterocycles. The maximum absolute atomic E-state index is 5.97. The molecule has 2 atom stereocenters. The Morgan fingerprint density at radius 1 is 1.45 bits per heavy atom. The molecule has 2 aliphatic rings. The molecule has 6 heteroatoms. The lowest BCUT2D eigenvalue weighted by atomic mass is 10.00. The van der Waals surface area contributed by atoms with Gasteiger partial charge in [-0.2, -0.15) is 0 Å². The molecule has 6 nitrogen and oxygen atoms in total. The van der Waals surface area contributed by atoms with Gasteiger partial charge in [-0.1, -0.05) is 6.92 Å². The Bertz CT molecular complexity index is 459. The van der Waals surface area contributed by atoms with Crippen molar-refractivity contribution in [3.63, 3.8) is 0 Å². The first-order valence-electron chi connectivity index (χ1n) is 8.15. The van der Waals surface area contributed by atoms with Crippen LogP contribution >= 0.6 is 0 Å². The predicted octanol–water partition coefficient (Wildman–Crippen LogP) is 0.357. The van der Waals surface area contributed by atoms with Crippen LogP contribution in [-0.2, 0) is 9.47 Å². The Kier molecular flexibility index (Phi) is 5.61. The molecule has 0 aliphatic carbocycles. The van der Waals surface area contributed by atoms with Crippen LogP contribution in [0, 0.1) is 6.07 Å². The molecule has 1 aromatic heterocycles. The van der Waals surface area contributed by atoms with Crippen molar-refractivity contribution in [3.05, 3.63) is 23.9 Å². The van der Waals surface area contributed by atoms with Crippen molar-refractivity contribution in [2.45, 2.75) is 19.1 Å². The topological polar surface area (TPSA) is 58.7 Å². The molecule has 22 heavy (non-hydrogen) atoms. The summed E-state index contributed by atoms with van der Waals surface area (Å²) < 4.78 is 11.4. The second kappa shape index (κ2) is 7.87. The lowest BCUT2D eigenvalue weighted by Crippen LogP contribution is -2.47. The summed E-state index contributed by atoms with van der Waals surface area (Å²) in [6, 6.07) is 5.39. The van der Waals surface area contributed by atoms with Gasteiger partial charge < -0.3 is 25.0 Å². The van der Waals surface area contributed by atoms with Crippen LogP contribution in [0.3, 0.4) is 0 Å². The zero-order valence-electron chi connectivity index (χ0n) is 13.2.